The number of nitrogens with one attached hydrogen (secondary N) is 1. The van der Waals surface area contributed by atoms with E-state index in [1.54, 1.807) is 0 Å². The first-order chi connectivity index (χ1) is 7.05. The number of aliphatic hydroxyl groups is 1. The summed E-state index contributed by atoms with van der Waals surface area (Å²) in [6.45, 7) is 7.18. The van der Waals surface area contributed by atoms with E-state index in [9.17, 15) is 5.11 Å². The highest BCUT2D eigenvalue weighted by Crippen LogP contribution is 2.39. The van der Waals surface area contributed by atoms with Gasteiger partial charge in [-0.15, -0.1) is 0 Å². The Morgan fingerprint density at radius 3 is 2.33 bits per heavy atom. The van der Waals surface area contributed by atoms with Crippen molar-refractivity contribution in [2.45, 2.75) is 45.3 Å². The first-order valence-corrected chi connectivity index (χ1v) is 5.97. The molecule has 0 aromatic rings. The molecule has 0 bridgehead atoms. The highest BCUT2D eigenvalue weighted by Gasteiger charge is 2.44. The Labute approximate surface area is 93.2 Å². The van der Waals surface area contributed by atoms with E-state index >= 15 is 0 Å². The molecule has 1 fully saturated rings. The molecule has 1 rings (SSSR count). The third-order valence-corrected chi connectivity index (χ3v) is 3.68. The molecule has 0 heterocycles. The minimum Gasteiger partial charge on any atom is -0.394 e. The molecule has 1 saturated carbocycles. The summed E-state index contributed by atoms with van der Waals surface area (Å²) in [7, 11) is 1.91. The Hall–Kier alpha value is -0.120. The Morgan fingerprint density at radius 2 is 2.00 bits per heavy atom. The zero-order chi connectivity index (χ0) is 11.5. The number of ether oxygens (including phenoxy) is 1. The standard InChI is InChI=1S/C12H25NO2/c1-9(2)10(3)15-8-12(7-14,13-4)11-5-6-11/h9-11,13-14H,5-8H2,1-4H3. The topological polar surface area (TPSA) is 41.5 Å². The van der Waals surface area contributed by atoms with E-state index in [0.29, 0.717) is 18.4 Å². The fraction of sp³-hybridized carbons (Fsp3) is 1.00. The van der Waals surface area contributed by atoms with Gasteiger partial charge in [-0.25, -0.2) is 0 Å². The van der Waals surface area contributed by atoms with Gasteiger partial charge in [0.25, 0.3) is 0 Å². The lowest BCUT2D eigenvalue weighted by atomic mass is 9.95. The minimum absolute atomic E-state index is 0.166. The quantitative estimate of drug-likeness (QED) is 0.674. The minimum atomic E-state index is -0.205. The highest BCUT2D eigenvalue weighted by atomic mass is 16.5. The fourth-order valence-corrected chi connectivity index (χ4v) is 1.76. The second kappa shape index (κ2) is 5.28. The summed E-state index contributed by atoms with van der Waals surface area (Å²) in [5.41, 5.74) is -0.205. The summed E-state index contributed by atoms with van der Waals surface area (Å²) in [5.74, 6) is 1.12. The summed E-state index contributed by atoms with van der Waals surface area (Å²) in [6, 6.07) is 0. The lowest BCUT2D eigenvalue weighted by molar-refractivity contribution is -0.0254. The Balaban J connectivity index is 2.44. The predicted octanol–water partition coefficient (Wildman–Crippen LogP) is 1.41. The third kappa shape index (κ3) is 3.16. The molecule has 3 heteroatoms. The molecule has 3 nitrogen and oxygen atoms in total. The number of rotatable bonds is 7. The van der Waals surface area contributed by atoms with Crippen LogP contribution < -0.4 is 5.32 Å². The lowest BCUT2D eigenvalue weighted by Crippen LogP contribution is -2.53. The molecule has 0 aromatic carbocycles. The van der Waals surface area contributed by atoms with E-state index in [4.69, 9.17) is 4.74 Å². The van der Waals surface area contributed by atoms with Gasteiger partial charge in [-0.1, -0.05) is 13.8 Å². The maximum atomic E-state index is 9.50. The first-order valence-electron chi connectivity index (χ1n) is 5.97. The Bertz CT molecular complexity index is 186. The van der Waals surface area contributed by atoms with Crippen molar-refractivity contribution in [1.29, 1.82) is 0 Å². The van der Waals surface area contributed by atoms with Crippen molar-refractivity contribution >= 4 is 0 Å². The molecule has 1 aliphatic carbocycles. The van der Waals surface area contributed by atoms with Crippen molar-refractivity contribution in [2.75, 3.05) is 20.3 Å². The predicted molar refractivity (Wildman–Crippen MR) is 61.9 cm³/mol. The lowest BCUT2D eigenvalue weighted by Gasteiger charge is -2.33. The van der Waals surface area contributed by atoms with E-state index < -0.39 is 0 Å². The van der Waals surface area contributed by atoms with Crippen LogP contribution in [0.25, 0.3) is 0 Å². The molecule has 0 spiro atoms. The van der Waals surface area contributed by atoms with Crippen LogP contribution in [0.1, 0.15) is 33.6 Å². The van der Waals surface area contributed by atoms with Gasteiger partial charge in [0.15, 0.2) is 0 Å². The van der Waals surface area contributed by atoms with Gasteiger partial charge in [0.2, 0.25) is 0 Å². The summed E-state index contributed by atoms with van der Waals surface area (Å²) >= 11 is 0. The Morgan fingerprint density at radius 1 is 1.40 bits per heavy atom. The molecule has 15 heavy (non-hydrogen) atoms. The highest BCUT2D eigenvalue weighted by molar-refractivity contribution is 5.00. The van der Waals surface area contributed by atoms with Gasteiger partial charge in [0, 0.05) is 0 Å². The Kier molecular flexibility index (Phi) is 4.56. The summed E-state index contributed by atoms with van der Waals surface area (Å²) in [4.78, 5) is 0. The molecular weight excluding hydrogens is 190 g/mol. The average Bonchev–Trinajstić information content (AvgIpc) is 3.04. The molecule has 0 aromatic heterocycles. The number of aliphatic hydroxyl groups excluding tert-OH is 1. The second-order valence-corrected chi connectivity index (χ2v) is 5.10. The average molecular weight is 215 g/mol. The number of hydrogen-bond acceptors (Lipinski definition) is 3. The molecule has 0 amide bonds. The van der Waals surface area contributed by atoms with Crippen LogP contribution in [-0.4, -0.2) is 37.0 Å². The van der Waals surface area contributed by atoms with Gasteiger partial charge in [-0.3, -0.25) is 0 Å². The van der Waals surface area contributed by atoms with Crippen LogP contribution in [-0.2, 0) is 4.74 Å². The maximum absolute atomic E-state index is 9.50. The van der Waals surface area contributed by atoms with Crippen molar-refractivity contribution in [3.05, 3.63) is 0 Å². The van der Waals surface area contributed by atoms with Gasteiger partial charge in [0.05, 0.1) is 24.9 Å². The first kappa shape index (κ1) is 12.9. The summed E-state index contributed by atoms with van der Waals surface area (Å²) in [6.07, 6.45) is 2.67. The van der Waals surface area contributed by atoms with Crippen LogP contribution in [0.3, 0.4) is 0 Å². The maximum Gasteiger partial charge on any atom is 0.0677 e. The SMILES string of the molecule is CNC(CO)(COC(C)C(C)C)C1CC1. The largest absolute Gasteiger partial charge is 0.394 e. The van der Waals surface area contributed by atoms with Crippen LogP contribution in [0, 0.1) is 11.8 Å². The number of hydrogen-bond donors (Lipinski definition) is 2. The zero-order valence-corrected chi connectivity index (χ0v) is 10.4. The van der Waals surface area contributed by atoms with E-state index in [-0.39, 0.29) is 18.2 Å². The molecule has 2 N–H and O–H groups in total. The van der Waals surface area contributed by atoms with E-state index in [0.717, 1.165) is 0 Å². The zero-order valence-electron chi connectivity index (χ0n) is 10.4. The van der Waals surface area contributed by atoms with Crippen LogP contribution in [0.15, 0.2) is 0 Å². The molecule has 0 aliphatic heterocycles. The molecule has 2 unspecified atom stereocenters. The van der Waals surface area contributed by atoms with Crippen molar-refractivity contribution in [3.8, 4) is 0 Å². The number of likely N-dealkylation sites (N-methyl/N-ethyl adjacent to an activating group) is 1. The van der Waals surface area contributed by atoms with Crippen LogP contribution >= 0.6 is 0 Å². The van der Waals surface area contributed by atoms with Gasteiger partial charge in [0.1, 0.15) is 0 Å². The van der Waals surface area contributed by atoms with Gasteiger partial charge >= 0.3 is 0 Å². The van der Waals surface area contributed by atoms with E-state index in [2.05, 4.69) is 26.1 Å². The fourth-order valence-electron chi connectivity index (χ4n) is 1.76. The smallest absolute Gasteiger partial charge is 0.0677 e. The summed E-state index contributed by atoms with van der Waals surface area (Å²) in [5, 5.41) is 12.7. The van der Waals surface area contributed by atoms with Gasteiger partial charge in [-0.2, -0.15) is 0 Å². The molecular formula is C12H25NO2. The van der Waals surface area contributed by atoms with Crippen LogP contribution in [0.2, 0.25) is 0 Å². The monoisotopic (exact) mass is 215 g/mol. The second-order valence-electron chi connectivity index (χ2n) is 5.10. The van der Waals surface area contributed by atoms with Gasteiger partial charge in [-0.05, 0) is 38.6 Å². The van der Waals surface area contributed by atoms with Gasteiger partial charge < -0.3 is 15.2 Å². The van der Waals surface area contributed by atoms with E-state index in [1.807, 2.05) is 7.05 Å². The third-order valence-electron chi connectivity index (χ3n) is 3.68. The normalized spacial score (nSPS) is 22.8. The van der Waals surface area contributed by atoms with Crippen molar-refractivity contribution in [2.24, 2.45) is 11.8 Å². The van der Waals surface area contributed by atoms with Crippen molar-refractivity contribution in [1.82, 2.24) is 5.32 Å². The van der Waals surface area contributed by atoms with E-state index in [1.165, 1.54) is 12.8 Å². The van der Waals surface area contributed by atoms with Crippen molar-refractivity contribution in [3.63, 3.8) is 0 Å². The van der Waals surface area contributed by atoms with Crippen LogP contribution in [0.5, 0.6) is 0 Å². The molecule has 0 saturated heterocycles. The molecule has 1 aliphatic rings. The van der Waals surface area contributed by atoms with Crippen molar-refractivity contribution < 1.29 is 9.84 Å². The molecule has 0 radical (unpaired) electrons. The van der Waals surface area contributed by atoms with Crippen LogP contribution in [0.4, 0.5) is 0 Å². The summed E-state index contributed by atoms with van der Waals surface area (Å²) < 4.78 is 5.83. The molecule has 2 atom stereocenters. The molecule has 90 valence electrons.